The Labute approximate surface area is 115 Å². The van der Waals surface area contributed by atoms with E-state index in [2.05, 4.69) is 10.0 Å². The number of carbonyl (C=O) groups is 2. The van der Waals surface area contributed by atoms with E-state index < -0.39 is 6.03 Å². The molecule has 0 spiro atoms. The monoisotopic (exact) mass is 272 g/mol. The van der Waals surface area contributed by atoms with Gasteiger partial charge in [-0.2, -0.15) is 0 Å². The van der Waals surface area contributed by atoms with E-state index in [9.17, 15) is 9.59 Å². The molecule has 0 fully saturated rings. The Morgan fingerprint density at radius 3 is 2.05 bits per heavy atom. The zero-order valence-electron chi connectivity index (χ0n) is 10.00. The summed E-state index contributed by atoms with van der Waals surface area (Å²) in [6.45, 7) is 0. The predicted molar refractivity (Wildman–Crippen MR) is 77.0 cm³/mol. The van der Waals surface area contributed by atoms with Gasteiger partial charge in [0.25, 0.3) is 0 Å². The van der Waals surface area contributed by atoms with Crippen molar-refractivity contribution < 1.29 is 9.59 Å². The Morgan fingerprint density at radius 2 is 1.42 bits per heavy atom. The highest BCUT2D eigenvalue weighted by Crippen LogP contribution is 2.10. The molecular formula is C14H12N2O2S. The number of anilines is 1. The average Bonchev–Trinajstić information content (AvgIpc) is 2.47. The summed E-state index contributed by atoms with van der Waals surface area (Å²) in [5.74, 6) is 0. The lowest BCUT2D eigenvalue weighted by atomic mass is 10.2. The molecule has 2 N–H and O–H groups in total. The zero-order chi connectivity index (χ0) is 13.5. The summed E-state index contributed by atoms with van der Waals surface area (Å²) < 4.78 is 2.45. The van der Waals surface area contributed by atoms with Crippen LogP contribution in [-0.4, -0.2) is 11.1 Å². The second-order valence-electron chi connectivity index (χ2n) is 3.68. The third-order valence-corrected chi connectivity index (χ3v) is 2.99. The van der Waals surface area contributed by atoms with Crippen molar-refractivity contribution in [3.05, 3.63) is 66.2 Å². The summed E-state index contributed by atoms with van der Waals surface area (Å²) in [6, 6.07) is 17.4. The Balaban J connectivity index is 1.83. The molecule has 0 radical (unpaired) electrons. The van der Waals surface area contributed by atoms with Crippen LogP contribution < -0.4 is 10.0 Å². The molecule has 96 valence electrons. The van der Waals surface area contributed by atoms with Crippen LogP contribution in [0.4, 0.5) is 10.5 Å². The van der Waals surface area contributed by atoms with Gasteiger partial charge in [0, 0.05) is 23.2 Å². The fourth-order valence-electron chi connectivity index (χ4n) is 1.40. The van der Waals surface area contributed by atoms with Gasteiger partial charge in [-0.25, -0.2) is 4.79 Å². The lowest BCUT2D eigenvalue weighted by Gasteiger charge is -2.05. The van der Waals surface area contributed by atoms with Crippen LogP contribution in [0.2, 0.25) is 0 Å². The molecule has 0 aromatic heterocycles. The van der Waals surface area contributed by atoms with Crippen LogP contribution in [0, 0.1) is 0 Å². The summed E-state index contributed by atoms with van der Waals surface area (Å²) in [7, 11) is 0. The maximum absolute atomic E-state index is 11.7. The molecule has 4 nitrogen and oxygen atoms in total. The van der Waals surface area contributed by atoms with E-state index in [1.165, 1.54) is 0 Å². The maximum Gasteiger partial charge on any atom is 0.329 e. The number of hydrogen-bond acceptors (Lipinski definition) is 3. The Bertz CT molecular complexity index is 558. The van der Waals surface area contributed by atoms with Crippen molar-refractivity contribution in [2.24, 2.45) is 0 Å². The lowest BCUT2D eigenvalue weighted by molar-refractivity contribution is 0.108. The summed E-state index contributed by atoms with van der Waals surface area (Å²) in [6.07, 6.45) is 0. The van der Waals surface area contributed by atoms with Gasteiger partial charge < -0.3 is 5.32 Å². The van der Waals surface area contributed by atoms with Crippen molar-refractivity contribution in [1.29, 1.82) is 0 Å². The van der Waals surface area contributed by atoms with Crippen molar-refractivity contribution in [3.8, 4) is 0 Å². The molecule has 5 heteroatoms. The molecular weight excluding hydrogens is 260 g/mol. The summed E-state index contributed by atoms with van der Waals surface area (Å²) in [5, 5.41) is 2.42. The van der Waals surface area contributed by atoms with E-state index in [0.29, 0.717) is 11.3 Å². The van der Waals surface area contributed by atoms with Crippen LogP contribution in [0.3, 0.4) is 0 Å². The molecule has 19 heavy (non-hydrogen) atoms. The first-order chi connectivity index (χ1) is 9.25. The third kappa shape index (κ3) is 4.15. The first-order valence-corrected chi connectivity index (χ1v) is 6.45. The molecule has 0 saturated heterocycles. The SMILES string of the molecule is O=C(NSC(=O)c1ccccc1)Nc1ccccc1. The number of amides is 2. The lowest BCUT2D eigenvalue weighted by Crippen LogP contribution is -2.24. The predicted octanol–water partition coefficient (Wildman–Crippen LogP) is 3.30. The molecule has 0 aliphatic heterocycles. The zero-order valence-corrected chi connectivity index (χ0v) is 10.8. The van der Waals surface area contributed by atoms with E-state index >= 15 is 0 Å². The third-order valence-electron chi connectivity index (χ3n) is 2.28. The number of rotatable bonds is 2. The van der Waals surface area contributed by atoms with Gasteiger partial charge in [-0.1, -0.05) is 48.5 Å². The summed E-state index contributed by atoms with van der Waals surface area (Å²) in [4.78, 5) is 23.3. The molecule has 0 atom stereocenters. The number of carbonyl (C=O) groups excluding carboxylic acids is 2. The van der Waals surface area contributed by atoms with E-state index in [1.807, 2.05) is 24.3 Å². The minimum atomic E-state index is -0.430. The Kier molecular flexibility index (Phi) is 4.58. The highest BCUT2D eigenvalue weighted by Gasteiger charge is 2.08. The molecule has 0 saturated carbocycles. The van der Waals surface area contributed by atoms with Gasteiger partial charge in [0.05, 0.1) is 0 Å². The molecule has 2 rings (SSSR count). The summed E-state index contributed by atoms with van der Waals surface area (Å²) in [5.41, 5.74) is 1.22. The molecule has 0 aliphatic rings. The average molecular weight is 272 g/mol. The molecule has 0 aliphatic carbocycles. The standard InChI is InChI=1S/C14H12N2O2S/c17-13(11-7-3-1-4-8-11)19-16-14(18)15-12-9-5-2-6-10-12/h1-10H,(H2,15,16,18). The number of benzene rings is 2. The minimum absolute atomic E-state index is 0.205. The van der Waals surface area contributed by atoms with Crippen LogP contribution in [-0.2, 0) is 0 Å². The maximum atomic E-state index is 11.7. The van der Waals surface area contributed by atoms with Gasteiger partial charge in [0.2, 0.25) is 5.12 Å². The van der Waals surface area contributed by atoms with E-state index in [-0.39, 0.29) is 5.12 Å². The Morgan fingerprint density at radius 1 is 0.842 bits per heavy atom. The van der Waals surface area contributed by atoms with Gasteiger partial charge in [-0.15, -0.1) is 0 Å². The molecule has 2 aromatic carbocycles. The van der Waals surface area contributed by atoms with Crippen molar-refractivity contribution in [3.63, 3.8) is 0 Å². The molecule has 2 amide bonds. The summed E-state index contributed by atoms with van der Waals surface area (Å²) >= 11 is 0.756. The number of hydrogen-bond donors (Lipinski definition) is 2. The first-order valence-electron chi connectivity index (χ1n) is 5.64. The van der Waals surface area contributed by atoms with E-state index in [4.69, 9.17) is 0 Å². The van der Waals surface area contributed by atoms with Crippen molar-refractivity contribution in [1.82, 2.24) is 4.72 Å². The second kappa shape index (κ2) is 6.61. The fraction of sp³-hybridized carbons (Fsp3) is 0. The molecule has 0 unspecified atom stereocenters. The highest BCUT2D eigenvalue weighted by molar-refractivity contribution is 8.12. The minimum Gasteiger partial charge on any atom is -0.307 e. The van der Waals surface area contributed by atoms with Crippen LogP contribution >= 0.6 is 11.9 Å². The molecule has 0 heterocycles. The van der Waals surface area contributed by atoms with Gasteiger partial charge in [0.15, 0.2) is 0 Å². The van der Waals surface area contributed by atoms with Crippen molar-refractivity contribution >= 4 is 28.8 Å². The Hall–Kier alpha value is -2.27. The normalized spacial score (nSPS) is 9.68. The topological polar surface area (TPSA) is 58.2 Å². The largest absolute Gasteiger partial charge is 0.329 e. The van der Waals surface area contributed by atoms with Crippen LogP contribution in [0.1, 0.15) is 10.4 Å². The fourth-order valence-corrected chi connectivity index (χ4v) is 1.89. The number of para-hydroxylation sites is 1. The van der Waals surface area contributed by atoms with Gasteiger partial charge in [0.1, 0.15) is 0 Å². The quantitative estimate of drug-likeness (QED) is 0.825. The van der Waals surface area contributed by atoms with Crippen molar-refractivity contribution in [2.75, 3.05) is 5.32 Å². The van der Waals surface area contributed by atoms with Gasteiger partial charge >= 0.3 is 6.03 Å². The number of nitrogens with one attached hydrogen (secondary N) is 2. The molecule has 0 bridgehead atoms. The smallest absolute Gasteiger partial charge is 0.307 e. The van der Waals surface area contributed by atoms with Crippen LogP contribution in [0.25, 0.3) is 0 Å². The second-order valence-corrected chi connectivity index (χ2v) is 4.46. The van der Waals surface area contributed by atoms with Crippen LogP contribution in [0.15, 0.2) is 60.7 Å². The van der Waals surface area contributed by atoms with Crippen molar-refractivity contribution in [2.45, 2.75) is 0 Å². The van der Waals surface area contributed by atoms with Gasteiger partial charge in [-0.05, 0) is 12.1 Å². The van der Waals surface area contributed by atoms with E-state index in [0.717, 1.165) is 11.9 Å². The van der Waals surface area contributed by atoms with Gasteiger partial charge in [-0.3, -0.25) is 9.52 Å². The first kappa shape index (κ1) is 13.2. The number of urea groups is 1. The highest BCUT2D eigenvalue weighted by atomic mass is 32.2. The van der Waals surface area contributed by atoms with E-state index in [1.54, 1.807) is 36.4 Å². The van der Waals surface area contributed by atoms with Crippen LogP contribution in [0.5, 0.6) is 0 Å². The molecule has 2 aromatic rings.